The third-order valence-electron chi connectivity index (χ3n) is 5.58. The van der Waals surface area contributed by atoms with Crippen LogP contribution < -0.4 is 9.64 Å². The zero-order valence-corrected chi connectivity index (χ0v) is 17.0. The Kier molecular flexibility index (Phi) is 5.30. The summed E-state index contributed by atoms with van der Waals surface area (Å²) in [6, 6.07) is 11.5. The summed E-state index contributed by atoms with van der Waals surface area (Å²) in [6.07, 6.45) is 1.46. The summed E-state index contributed by atoms with van der Waals surface area (Å²) in [4.78, 5) is 38.7. The van der Waals surface area contributed by atoms with Crippen LogP contribution in [-0.4, -0.2) is 23.7 Å². The summed E-state index contributed by atoms with van der Waals surface area (Å²) in [7, 11) is 1.42. The van der Waals surface area contributed by atoms with E-state index in [1.54, 1.807) is 18.2 Å². The second-order valence-electron chi connectivity index (χ2n) is 7.26. The molecule has 0 N–H and O–H groups in total. The van der Waals surface area contributed by atoms with Gasteiger partial charge in [-0.1, -0.05) is 29.8 Å². The maximum Gasteiger partial charge on any atom is 0.297 e. The summed E-state index contributed by atoms with van der Waals surface area (Å²) < 4.78 is 5.10. The maximum atomic E-state index is 13.3. The summed E-state index contributed by atoms with van der Waals surface area (Å²) in [5.41, 5.74) is 1.67. The van der Waals surface area contributed by atoms with Gasteiger partial charge in [0, 0.05) is 35.1 Å². The molecule has 0 fully saturated rings. The number of ketones is 1. The predicted molar refractivity (Wildman–Crippen MR) is 112 cm³/mol. The number of carbonyl (C=O) groups excluding carboxylic acids is 2. The number of nitrogens with zero attached hydrogens (tertiary/aromatic N) is 2. The first-order valence-electron chi connectivity index (χ1n) is 9.58. The number of nitro benzene ring substituents is 1. The molecule has 1 unspecified atom stereocenters. The Morgan fingerprint density at radius 2 is 1.93 bits per heavy atom. The lowest BCUT2D eigenvalue weighted by atomic mass is 9.77. The molecule has 0 saturated heterocycles. The number of carbonyl (C=O) groups is 2. The van der Waals surface area contributed by atoms with E-state index in [1.165, 1.54) is 24.1 Å². The second-order valence-corrected chi connectivity index (χ2v) is 7.66. The van der Waals surface area contributed by atoms with Crippen molar-refractivity contribution >= 4 is 34.7 Å². The van der Waals surface area contributed by atoms with Gasteiger partial charge in [0.15, 0.2) is 5.78 Å². The third-order valence-corrected chi connectivity index (χ3v) is 5.92. The van der Waals surface area contributed by atoms with Gasteiger partial charge in [-0.2, -0.15) is 0 Å². The van der Waals surface area contributed by atoms with Crippen LogP contribution in [-0.2, 0) is 9.59 Å². The van der Waals surface area contributed by atoms with Crippen LogP contribution in [0, 0.1) is 10.1 Å². The van der Waals surface area contributed by atoms with Crippen molar-refractivity contribution in [2.75, 3.05) is 12.0 Å². The predicted octanol–water partition coefficient (Wildman–Crippen LogP) is 4.78. The topological polar surface area (TPSA) is 89.8 Å². The number of allylic oxidation sites excluding steroid dienone is 2. The molecule has 4 rings (SSSR count). The van der Waals surface area contributed by atoms with E-state index in [0.717, 1.165) is 5.56 Å². The summed E-state index contributed by atoms with van der Waals surface area (Å²) in [5.74, 6) is -0.489. The van der Waals surface area contributed by atoms with Crippen LogP contribution >= 0.6 is 11.6 Å². The standard InChI is InChI=1S/C22H19ClN2O5/c1-30-13-9-10-17(19(11-13)25(28)29)24-18-7-4-8-20(26)22(18)15(12-21(24)27)14-5-2-3-6-16(14)23/h2-3,5-6,9-11,15H,4,7-8,12H2,1H3. The molecule has 1 aliphatic heterocycles. The largest absolute Gasteiger partial charge is 0.496 e. The average Bonchev–Trinajstić information content (AvgIpc) is 2.73. The minimum Gasteiger partial charge on any atom is -0.496 e. The number of methoxy groups -OCH3 is 1. The van der Waals surface area contributed by atoms with Crippen LogP contribution in [0.5, 0.6) is 5.75 Å². The van der Waals surface area contributed by atoms with E-state index in [1.807, 2.05) is 12.1 Å². The maximum absolute atomic E-state index is 13.3. The molecule has 1 amide bonds. The molecule has 0 aromatic heterocycles. The van der Waals surface area contributed by atoms with Gasteiger partial charge < -0.3 is 4.74 Å². The fourth-order valence-corrected chi connectivity index (χ4v) is 4.53. The number of amides is 1. The molecule has 30 heavy (non-hydrogen) atoms. The van der Waals surface area contributed by atoms with Crippen molar-refractivity contribution in [3.63, 3.8) is 0 Å². The molecular weight excluding hydrogens is 408 g/mol. The van der Waals surface area contributed by atoms with Gasteiger partial charge in [-0.05, 0) is 36.6 Å². The quantitative estimate of drug-likeness (QED) is 0.518. The van der Waals surface area contributed by atoms with Crippen molar-refractivity contribution < 1.29 is 19.2 Å². The SMILES string of the molecule is COc1ccc(N2C(=O)CC(c3ccccc3Cl)C3=C2CCCC3=O)c([N+](=O)[O-])c1. The van der Waals surface area contributed by atoms with Crippen molar-refractivity contribution in [3.8, 4) is 5.75 Å². The number of anilines is 1. The van der Waals surface area contributed by atoms with E-state index in [4.69, 9.17) is 16.3 Å². The Morgan fingerprint density at radius 3 is 2.63 bits per heavy atom. The average molecular weight is 427 g/mol. The van der Waals surface area contributed by atoms with Crippen molar-refractivity contribution in [2.45, 2.75) is 31.6 Å². The Morgan fingerprint density at radius 1 is 1.17 bits per heavy atom. The van der Waals surface area contributed by atoms with E-state index in [9.17, 15) is 19.7 Å². The zero-order valence-electron chi connectivity index (χ0n) is 16.3. The zero-order chi connectivity index (χ0) is 21.4. The molecule has 0 saturated carbocycles. The number of ether oxygens (including phenoxy) is 1. The number of halogens is 1. The Hall–Kier alpha value is -3.19. The van der Waals surface area contributed by atoms with E-state index in [-0.39, 0.29) is 29.5 Å². The Balaban J connectivity index is 1.91. The van der Waals surface area contributed by atoms with Gasteiger partial charge in [-0.3, -0.25) is 24.6 Å². The van der Waals surface area contributed by atoms with Crippen molar-refractivity contribution in [2.24, 2.45) is 0 Å². The molecule has 7 nitrogen and oxygen atoms in total. The molecule has 0 spiro atoms. The minimum atomic E-state index is -0.545. The minimum absolute atomic E-state index is 0.0114. The smallest absolute Gasteiger partial charge is 0.297 e. The van der Waals surface area contributed by atoms with Crippen LogP contribution in [0.15, 0.2) is 53.7 Å². The number of rotatable bonds is 4. The third kappa shape index (κ3) is 3.35. The first-order chi connectivity index (χ1) is 14.4. The summed E-state index contributed by atoms with van der Waals surface area (Å²) in [6.45, 7) is 0. The van der Waals surface area contributed by atoms with Gasteiger partial charge in [-0.15, -0.1) is 0 Å². The van der Waals surface area contributed by atoms with E-state index in [2.05, 4.69) is 0 Å². The van der Waals surface area contributed by atoms with Crippen molar-refractivity contribution in [1.82, 2.24) is 0 Å². The van der Waals surface area contributed by atoms with Crippen LogP contribution in [0.1, 0.15) is 37.2 Å². The van der Waals surface area contributed by atoms with Crippen molar-refractivity contribution in [3.05, 3.63) is 74.4 Å². The van der Waals surface area contributed by atoms with E-state index in [0.29, 0.717) is 41.3 Å². The number of Topliss-reactive ketones (excluding diaryl/α,β-unsaturated/α-hetero) is 1. The number of hydrogen-bond donors (Lipinski definition) is 0. The highest BCUT2D eigenvalue weighted by molar-refractivity contribution is 6.31. The molecule has 154 valence electrons. The lowest BCUT2D eigenvalue weighted by Gasteiger charge is -2.38. The normalized spacial score (nSPS) is 19.0. The number of nitro groups is 1. The van der Waals surface area contributed by atoms with Crippen LogP contribution in [0.25, 0.3) is 0 Å². The molecule has 8 heteroatoms. The van der Waals surface area contributed by atoms with E-state index < -0.39 is 10.8 Å². The molecule has 2 aromatic rings. The van der Waals surface area contributed by atoms with Crippen molar-refractivity contribution in [1.29, 1.82) is 0 Å². The summed E-state index contributed by atoms with van der Waals surface area (Å²) in [5, 5.41) is 12.2. The lowest BCUT2D eigenvalue weighted by molar-refractivity contribution is -0.384. The molecule has 1 heterocycles. The van der Waals surface area contributed by atoms with Gasteiger partial charge in [-0.25, -0.2) is 0 Å². The van der Waals surface area contributed by atoms with Gasteiger partial charge in [0.2, 0.25) is 5.91 Å². The Bertz CT molecular complexity index is 1090. The lowest BCUT2D eigenvalue weighted by Crippen LogP contribution is -2.40. The first kappa shape index (κ1) is 20.1. The van der Waals surface area contributed by atoms with Crippen LogP contribution in [0.3, 0.4) is 0 Å². The molecule has 2 aliphatic rings. The monoisotopic (exact) mass is 426 g/mol. The van der Waals surface area contributed by atoms with Gasteiger partial charge in [0.25, 0.3) is 5.69 Å². The number of hydrogen-bond acceptors (Lipinski definition) is 5. The molecule has 0 radical (unpaired) electrons. The fourth-order valence-electron chi connectivity index (χ4n) is 4.26. The fraction of sp³-hybridized carbons (Fsp3) is 0.273. The van der Waals surface area contributed by atoms with E-state index >= 15 is 0 Å². The van der Waals surface area contributed by atoms with Crippen LogP contribution in [0.2, 0.25) is 5.02 Å². The molecule has 2 aromatic carbocycles. The van der Waals surface area contributed by atoms with Gasteiger partial charge in [0.05, 0.1) is 18.1 Å². The first-order valence-corrected chi connectivity index (χ1v) is 9.96. The van der Waals surface area contributed by atoms with Crippen LogP contribution in [0.4, 0.5) is 11.4 Å². The molecule has 1 aliphatic carbocycles. The van der Waals surface area contributed by atoms with Gasteiger partial charge in [0.1, 0.15) is 11.4 Å². The molecule has 1 atom stereocenters. The highest BCUT2D eigenvalue weighted by Gasteiger charge is 2.42. The highest BCUT2D eigenvalue weighted by Crippen LogP contribution is 2.46. The molecule has 0 bridgehead atoms. The van der Waals surface area contributed by atoms with Gasteiger partial charge >= 0.3 is 0 Å². The number of benzene rings is 2. The second kappa shape index (κ2) is 7.91. The summed E-state index contributed by atoms with van der Waals surface area (Å²) >= 11 is 6.38. The molecular formula is C22H19ClN2O5. The Labute approximate surface area is 178 Å². The highest BCUT2D eigenvalue weighted by atomic mass is 35.5.